The van der Waals surface area contributed by atoms with Gasteiger partial charge >= 0.3 is 5.97 Å². The van der Waals surface area contributed by atoms with Crippen molar-refractivity contribution >= 4 is 92.3 Å². The first kappa shape index (κ1) is 22.8. The summed E-state index contributed by atoms with van der Waals surface area (Å²) in [6, 6.07) is 16.6. The molecule has 0 unspecified atom stereocenters. The topological polar surface area (TPSA) is 63.1 Å². The van der Waals surface area contributed by atoms with E-state index in [2.05, 4.69) is 46.4 Å². The molecular formula is C19H18N2O2S6. The maximum atomic E-state index is 9.37. The summed E-state index contributed by atoms with van der Waals surface area (Å²) in [4.78, 5) is 18.7. The van der Waals surface area contributed by atoms with Gasteiger partial charge in [0.2, 0.25) is 0 Å². The van der Waals surface area contributed by atoms with Crippen LogP contribution in [0.3, 0.4) is 0 Å². The Kier molecular flexibility index (Phi) is 9.47. The van der Waals surface area contributed by atoms with Crippen LogP contribution in [0.4, 0.5) is 0 Å². The van der Waals surface area contributed by atoms with Crippen molar-refractivity contribution in [3.63, 3.8) is 0 Å². The molecule has 0 saturated carbocycles. The van der Waals surface area contributed by atoms with Gasteiger partial charge in [-0.2, -0.15) is 0 Å². The predicted molar refractivity (Wildman–Crippen MR) is 134 cm³/mol. The van der Waals surface area contributed by atoms with E-state index in [1.807, 2.05) is 33.7 Å². The zero-order chi connectivity index (χ0) is 20.5. The van der Waals surface area contributed by atoms with E-state index < -0.39 is 5.97 Å². The van der Waals surface area contributed by atoms with Crippen LogP contribution >= 0.6 is 65.8 Å². The molecule has 0 radical (unpaired) electrons. The Balaban J connectivity index is 0.000000431. The molecule has 0 aliphatic carbocycles. The number of hydrogen-bond acceptors (Lipinski definition) is 9. The van der Waals surface area contributed by atoms with Crippen molar-refractivity contribution in [1.82, 2.24) is 9.97 Å². The summed E-state index contributed by atoms with van der Waals surface area (Å²) in [5.41, 5.74) is 2.21. The minimum atomic E-state index is -0.745. The average Bonchev–Trinajstić information content (AvgIpc) is 3.34. The zero-order valence-electron chi connectivity index (χ0n) is 15.4. The number of fused-ring (bicyclic) bond motifs is 2. The number of aromatic nitrogens is 2. The fraction of sp³-hybridized carbons (Fsp3) is 0.211. The van der Waals surface area contributed by atoms with Crippen molar-refractivity contribution < 1.29 is 9.90 Å². The SMILES string of the molecule is CCC(=O)O.c1ccc2sc(SSCCSSc3nc4ccccc4s3)nc2c1. The van der Waals surface area contributed by atoms with E-state index in [0.29, 0.717) is 0 Å². The highest BCUT2D eigenvalue weighted by Crippen LogP contribution is 2.40. The van der Waals surface area contributed by atoms with Gasteiger partial charge in [0.05, 0.1) is 20.4 Å². The summed E-state index contributed by atoms with van der Waals surface area (Å²) < 4.78 is 4.82. The van der Waals surface area contributed by atoms with Crippen molar-refractivity contribution in [2.24, 2.45) is 0 Å². The maximum Gasteiger partial charge on any atom is 0.303 e. The van der Waals surface area contributed by atoms with E-state index in [4.69, 9.17) is 5.11 Å². The predicted octanol–water partition coefficient (Wildman–Crippen LogP) is 7.57. The lowest BCUT2D eigenvalue weighted by molar-refractivity contribution is -0.136. The molecule has 29 heavy (non-hydrogen) atoms. The van der Waals surface area contributed by atoms with E-state index in [1.165, 1.54) is 9.40 Å². The second kappa shape index (κ2) is 12.1. The lowest BCUT2D eigenvalue weighted by atomic mass is 10.3. The fourth-order valence-corrected chi connectivity index (χ4v) is 9.45. The summed E-state index contributed by atoms with van der Waals surface area (Å²) in [5, 5.41) is 7.72. The molecule has 4 nitrogen and oxygen atoms in total. The van der Waals surface area contributed by atoms with Gasteiger partial charge in [-0.05, 0) is 45.9 Å². The molecule has 0 saturated heterocycles. The molecule has 152 valence electrons. The lowest BCUT2D eigenvalue weighted by Gasteiger charge is -1.97. The van der Waals surface area contributed by atoms with Gasteiger partial charge in [-0.3, -0.25) is 4.79 Å². The number of rotatable bonds is 8. The number of carboxylic acids is 1. The first-order chi connectivity index (χ1) is 14.2. The lowest BCUT2D eigenvalue weighted by Crippen LogP contribution is -1.86. The standard InChI is InChI=1S/C16H12N2S6.C3H6O2/c1-3-7-13-11(5-1)17-15(21-13)23-19-9-10-20-24-16-18-12-6-2-4-8-14(12)22-16;1-2-3(4)5/h1-8H,9-10H2;2H2,1H3,(H,4,5). The largest absolute Gasteiger partial charge is 0.481 e. The Hall–Kier alpha value is -0.910. The van der Waals surface area contributed by atoms with Crippen molar-refractivity contribution in [2.45, 2.75) is 22.0 Å². The molecule has 0 aliphatic rings. The van der Waals surface area contributed by atoms with Crippen LogP contribution in [0.1, 0.15) is 13.3 Å². The number of para-hydroxylation sites is 2. The van der Waals surface area contributed by atoms with E-state index in [1.54, 1.807) is 51.2 Å². The summed E-state index contributed by atoms with van der Waals surface area (Å²) in [5.74, 6) is 1.46. The fourth-order valence-electron chi connectivity index (χ4n) is 2.03. The monoisotopic (exact) mass is 498 g/mol. The number of benzene rings is 2. The second-order valence-corrected chi connectivity index (χ2v) is 12.8. The molecular weight excluding hydrogens is 481 g/mol. The van der Waals surface area contributed by atoms with Crippen LogP contribution in [-0.4, -0.2) is 32.5 Å². The molecule has 0 spiro atoms. The summed E-state index contributed by atoms with van der Waals surface area (Å²) in [7, 11) is 7.32. The quantitative estimate of drug-likeness (QED) is 0.197. The van der Waals surface area contributed by atoms with Crippen LogP contribution in [0, 0.1) is 0 Å². The van der Waals surface area contributed by atoms with Crippen LogP contribution in [-0.2, 0) is 4.79 Å². The van der Waals surface area contributed by atoms with Crippen molar-refractivity contribution in [1.29, 1.82) is 0 Å². The highest BCUT2D eigenvalue weighted by atomic mass is 33.1. The molecule has 2 aromatic heterocycles. The maximum absolute atomic E-state index is 9.37. The van der Waals surface area contributed by atoms with E-state index in [-0.39, 0.29) is 6.42 Å². The van der Waals surface area contributed by atoms with Crippen molar-refractivity contribution in [2.75, 3.05) is 11.5 Å². The third kappa shape index (κ3) is 7.37. The molecule has 1 N–H and O–H groups in total. The molecule has 0 fully saturated rings. The number of aliphatic carboxylic acids is 1. The third-order valence-corrected chi connectivity index (χ3v) is 11.0. The first-order valence-electron chi connectivity index (χ1n) is 8.67. The molecule has 0 aliphatic heterocycles. The van der Waals surface area contributed by atoms with Crippen LogP contribution < -0.4 is 0 Å². The third-order valence-electron chi connectivity index (χ3n) is 3.36. The van der Waals surface area contributed by atoms with Gasteiger partial charge in [0.1, 0.15) is 0 Å². The smallest absolute Gasteiger partial charge is 0.303 e. The molecule has 2 heterocycles. The van der Waals surface area contributed by atoms with Gasteiger partial charge in [-0.1, -0.05) is 52.8 Å². The molecule has 0 atom stereocenters. The molecule has 10 heteroatoms. The zero-order valence-corrected chi connectivity index (χ0v) is 20.3. The normalized spacial score (nSPS) is 10.8. The van der Waals surface area contributed by atoms with Crippen LogP contribution in [0.5, 0.6) is 0 Å². The second-order valence-electron chi connectivity index (χ2n) is 5.45. The molecule has 4 aromatic rings. The summed E-state index contributed by atoms with van der Waals surface area (Å²) >= 11 is 3.54. The molecule has 0 bridgehead atoms. The first-order valence-corrected chi connectivity index (χ1v) is 14.9. The number of nitrogens with zero attached hydrogens (tertiary/aromatic N) is 2. The highest BCUT2D eigenvalue weighted by Gasteiger charge is 2.06. The Morgan fingerprint density at radius 3 is 1.66 bits per heavy atom. The summed E-state index contributed by atoms with van der Waals surface area (Å²) in [6.45, 7) is 1.60. The minimum absolute atomic E-state index is 0.222. The van der Waals surface area contributed by atoms with E-state index in [9.17, 15) is 4.79 Å². The van der Waals surface area contributed by atoms with Gasteiger partial charge in [0.15, 0.2) is 8.68 Å². The number of carbonyl (C=O) groups is 1. The Morgan fingerprint density at radius 1 is 0.862 bits per heavy atom. The van der Waals surface area contributed by atoms with Gasteiger partial charge in [-0.15, -0.1) is 22.7 Å². The van der Waals surface area contributed by atoms with E-state index in [0.717, 1.165) is 31.2 Å². The Bertz CT molecular complexity index is 921. The number of hydrogen-bond donors (Lipinski definition) is 1. The Labute approximate surface area is 193 Å². The number of carboxylic acid groups (broad SMARTS) is 1. The van der Waals surface area contributed by atoms with Crippen LogP contribution in [0.25, 0.3) is 20.4 Å². The molecule has 2 aromatic carbocycles. The van der Waals surface area contributed by atoms with Gasteiger partial charge in [0, 0.05) is 17.9 Å². The van der Waals surface area contributed by atoms with Crippen LogP contribution in [0.15, 0.2) is 57.2 Å². The van der Waals surface area contributed by atoms with Gasteiger partial charge < -0.3 is 5.11 Å². The summed E-state index contributed by atoms with van der Waals surface area (Å²) in [6.07, 6.45) is 0.222. The van der Waals surface area contributed by atoms with Crippen LogP contribution in [0.2, 0.25) is 0 Å². The minimum Gasteiger partial charge on any atom is -0.481 e. The van der Waals surface area contributed by atoms with Gasteiger partial charge in [-0.25, -0.2) is 9.97 Å². The highest BCUT2D eigenvalue weighted by molar-refractivity contribution is 8.78. The number of thiazole rings is 2. The van der Waals surface area contributed by atoms with Crippen molar-refractivity contribution in [3.8, 4) is 0 Å². The van der Waals surface area contributed by atoms with Crippen molar-refractivity contribution in [3.05, 3.63) is 48.5 Å². The molecule has 4 rings (SSSR count). The van der Waals surface area contributed by atoms with Gasteiger partial charge in [0.25, 0.3) is 0 Å². The molecule has 0 amide bonds. The Morgan fingerprint density at radius 2 is 1.28 bits per heavy atom. The van der Waals surface area contributed by atoms with E-state index >= 15 is 0 Å². The average molecular weight is 499 g/mol.